The molecule has 2 heteroatoms. The van der Waals surface area contributed by atoms with Crippen molar-refractivity contribution in [2.45, 2.75) is 19.8 Å². The molecule has 0 bridgehead atoms. The van der Waals surface area contributed by atoms with Gasteiger partial charge in [-0.25, -0.2) is 0 Å². The Balaban J connectivity index is 1.63. The van der Waals surface area contributed by atoms with E-state index in [0.717, 1.165) is 35.2 Å². The third-order valence-corrected chi connectivity index (χ3v) is 5.94. The average molecular weight is 376 g/mol. The molecule has 0 saturated carbocycles. The van der Waals surface area contributed by atoms with Crippen molar-refractivity contribution in [2.75, 3.05) is 0 Å². The van der Waals surface area contributed by atoms with Crippen LogP contribution in [0.15, 0.2) is 87.7 Å². The fourth-order valence-electron chi connectivity index (χ4n) is 4.58. The molecule has 0 saturated heterocycles. The molecule has 0 aliphatic heterocycles. The van der Waals surface area contributed by atoms with Gasteiger partial charge >= 0.3 is 0 Å². The van der Waals surface area contributed by atoms with Crippen LogP contribution in [0, 0.1) is 0 Å². The Morgan fingerprint density at radius 2 is 1.17 bits per heavy atom. The summed E-state index contributed by atoms with van der Waals surface area (Å²) in [5.41, 5.74) is 7.69. The second-order valence-electron chi connectivity index (χ2n) is 7.60. The van der Waals surface area contributed by atoms with Gasteiger partial charge in [-0.2, -0.15) is 0 Å². The summed E-state index contributed by atoms with van der Waals surface area (Å²) >= 11 is 0. The van der Waals surface area contributed by atoms with Gasteiger partial charge in [0.25, 0.3) is 0 Å². The van der Waals surface area contributed by atoms with Crippen molar-refractivity contribution in [3.63, 3.8) is 0 Å². The summed E-state index contributed by atoms with van der Waals surface area (Å²) in [5, 5.41) is 4.82. The Kier molecular flexibility index (Phi) is 3.54. The van der Waals surface area contributed by atoms with Crippen molar-refractivity contribution in [1.82, 2.24) is 0 Å². The highest BCUT2D eigenvalue weighted by Crippen LogP contribution is 2.37. The van der Waals surface area contributed by atoms with Gasteiger partial charge in [0, 0.05) is 21.5 Å². The van der Waals surface area contributed by atoms with E-state index in [1.807, 2.05) is 18.2 Å². The van der Waals surface area contributed by atoms with Gasteiger partial charge in [0.1, 0.15) is 22.3 Å². The first-order valence-electron chi connectivity index (χ1n) is 10.1. The van der Waals surface area contributed by atoms with E-state index in [1.54, 1.807) is 0 Å². The molecule has 2 nitrogen and oxygen atoms in total. The predicted molar refractivity (Wildman–Crippen MR) is 120 cm³/mol. The Labute approximate surface area is 168 Å². The summed E-state index contributed by atoms with van der Waals surface area (Å²) in [7, 11) is 0. The molecule has 6 aromatic rings. The van der Waals surface area contributed by atoms with Crippen LogP contribution in [-0.4, -0.2) is 0 Å². The number of para-hydroxylation sites is 2. The van der Waals surface area contributed by atoms with Gasteiger partial charge in [-0.15, -0.1) is 0 Å². The number of benzene rings is 4. The fourth-order valence-corrected chi connectivity index (χ4v) is 4.58. The number of hydrogen-bond donors (Lipinski definition) is 0. The van der Waals surface area contributed by atoms with Gasteiger partial charge in [-0.3, -0.25) is 0 Å². The van der Waals surface area contributed by atoms with Gasteiger partial charge < -0.3 is 8.83 Å². The zero-order valence-corrected chi connectivity index (χ0v) is 16.2. The summed E-state index contributed by atoms with van der Waals surface area (Å²) in [4.78, 5) is 0. The van der Waals surface area contributed by atoms with Gasteiger partial charge in [0.15, 0.2) is 0 Å². The summed E-state index contributed by atoms with van der Waals surface area (Å²) in [6.45, 7) is 2.18. The molecule has 0 fully saturated rings. The summed E-state index contributed by atoms with van der Waals surface area (Å²) in [6.07, 6.45) is 1.80. The van der Waals surface area contributed by atoms with Crippen molar-refractivity contribution in [3.05, 3.63) is 95.6 Å². The van der Waals surface area contributed by atoms with Crippen LogP contribution >= 0.6 is 0 Å². The molecular formula is C27H20O2. The van der Waals surface area contributed by atoms with Crippen molar-refractivity contribution in [2.24, 2.45) is 0 Å². The maximum atomic E-state index is 6.28. The Morgan fingerprint density at radius 1 is 0.552 bits per heavy atom. The van der Waals surface area contributed by atoms with Crippen molar-refractivity contribution < 1.29 is 8.83 Å². The van der Waals surface area contributed by atoms with E-state index in [9.17, 15) is 0 Å². The van der Waals surface area contributed by atoms with E-state index >= 15 is 0 Å². The van der Waals surface area contributed by atoms with E-state index in [2.05, 4.69) is 67.6 Å². The van der Waals surface area contributed by atoms with E-state index in [1.165, 1.54) is 38.2 Å². The number of hydrogen-bond acceptors (Lipinski definition) is 2. The minimum atomic E-state index is 0.838. The first-order chi connectivity index (χ1) is 14.3. The van der Waals surface area contributed by atoms with Gasteiger partial charge in [0.05, 0.1) is 0 Å². The maximum absolute atomic E-state index is 6.28. The molecule has 2 heterocycles. The number of fused-ring (bicyclic) bond motifs is 6. The first-order valence-corrected chi connectivity index (χ1v) is 10.1. The average Bonchev–Trinajstić information content (AvgIpc) is 3.33. The van der Waals surface area contributed by atoms with Gasteiger partial charge in [-0.05, 0) is 47.7 Å². The Bertz CT molecular complexity index is 1510. The molecule has 0 aliphatic carbocycles. The second-order valence-corrected chi connectivity index (χ2v) is 7.60. The molecule has 6 rings (SSSR count). The smallest absolute Gasteiger partial charge is 0.138 e. The second kappa shape index (κ2) is 6.25. The molecule has 0 spiro atoms. The van der Waals surface area contributed by atoms with Crippen LogP contribution in [0.3, 0.4) is 0 Å². The van der Waals surface area contributed by atoms with E-state index in [-0.39, 0.29) is 0 Å². The lowest BCUT2D eigenvalue weighted by atomic mass is 9.94. The minimum Gasteiger partial charge on any atom is -0.456 e. The summed E-state index contributed by atoms with van der Waals surface area (Å²) in [5.74, 6) is 0. The van der Waals surface area contributed by atoms with Gasteiger partial charge in [-0.1, -0.05) is 67.6 Å². The van der Waals surface area contributed by atoms with Crippen molar-refractivity contribution >= 4 is 43.9 Å². The standard InChI is InChI=1S/C27H20O2/c1-2-17-14-15-19(26-21-10-4-6-12-23(21)29-27(17)26)16-18-8-7-13-24-25(18)20-9-3-5-11-22(20)28-24/h3-15H,2,16H2,1H3. The van der Waals surface area contributed by atoms with E-state index < -0.39 is 0 Å². The van der Waals surface area contributed by atoms with Crippen LogP contribution in [0.1, 0.15) is 23.6 Å². The minimum absolute atomic E-state index is 0.838. The molecule has 0 radical (unpaired) electrons. The monoisotopic (exact) mass is 376 g/mol. The topological polar surface area (TPSA) is 26.3 Å². The van der Waals surface area contributed by atoms with Crippen molar-refractivity contribution in [1.29, 1.82) is 0 Å². The van der Waals surface area contributed by atoms with E-state index in [4.69, 9.17) is 8.83 Å². The molecule has 0 aliphatic rings. The van der Waals surface area contributed by atoms with Crippen LogP contribution < -0.4 is 0 Å². The maximum Gasteiger partial charge on any atom is 0.138 e. The number of furan rings is 2. The highest BCUT2D eigenvalue weighted by atomic mass is 16.3. The zero-order valence-electron chi connectivity index (χ0n) is 16.2. The lowest BCUT2D eigenvalue weighted by Gasteiger charge is -2.08. The number of rotatable bonds is 3. The normalized spacial score (nSPS) is 11.9. The Morgan fingerprint density at radius 3 is 1.97 bits per heavy atom. The third-order valence-electron chi connectivity index (χ3n) is 5.94. The zero-order chi connectivity index (χ0) is 19.4. The van der Waals surface area contributed by atoms with Crippen LogP contribution in [0.5, 0.6) is 0 Å². The molecule has 2 aromatic heterocycles. The lowest BCUT2D eigenvalue weighted by Crippen LogP contribution is -1.92. The fraction of sp³-hybridized carbons (Fsp3) is 0.111. The van der Waals surface area contributed by atoms with E-state index in [0.29, 0.717) is 0 Å². The van der Waals surface area contributed by atoms with Crippen LogP contribution in [0.25, 0.3) is 43.9 Å². The molecule has 0 amide bonds. The summed E-state index contributed by atoms with van der Waals surface area (Å²) in [6, 6.07) is 27.5. The Hall–Kier alpha value is -3.52. The van der Waals surface area contributed by atoms with Crippen LogP contribution in [0.4, 0.5) is 0 Å². The molecule has 0 N–H and O–H groups in total. The summed E-state index contributed by atoms with van der Waals surface area (Å²) < 4.78 is 12.4. The number of aryl methyl sites for hydroxylation is 1. The molecule has 0 atom stereocenters. The van der Waals surface area contributed by atoms with Crippen molar-refractivity contribution in [3.8, 4) is 0 Å². The van der Waals surface area contributed by atoms with Crippen LogP contribution in [0.2, 0.25) is 0 Å². The molecule has 4 aromatic carbocycles. The highest BCUT2D eigenvalue weighted by molar-refractivity contribution is 6.09. The highest BCUT2D eigenvalue weighted by Gasteiger charge is 2.16. The molecule has 0 unspecified atom stereocenters. The molecule has 140 valence electrons. The van der Waals surface area contributed by atoms with Crippen LogP contribution in [-0.2, 0) is 12.8 Å². The predicted octanol–water partition coefficient (Wildman–Crippen LogP) is 7.64. The SMILES string of the molecule is CCc1ccc(Cc2cccc3oc4ccccc4c23)c2c1oc1ccccc12. The lowest BCUT2D eigenvalue weighted by molar-refractivity contribution is 0.663. The quantitative estimate of drug-likeness (QED) is 0.317. The van der Waals surface area contributed by atoms with Gasteiger partial charge in [0.2, 0.25) is 0 Å². The third kappa shape index (κ3) is 2.42. The molecule has 29 heavy (non-hydrogen) atoms. The molecular weight excluding hydrogens is 356 g/mol. The first kappa shape index (κ1) is 16.4. The largest absolute Gasteiger partial charge is 0.456 e.